The first kappa shape index (κ1) is 17.0. The molecule has 7 heteroatoms. The number of aliphatic hydroxyl groups excluding tert-OH is 1. The Labute approximate surface area is 118 Å². The number of hydrogen-bond donors (Lipinski definition) is 2. The minimum Gasteiger partial charge on any atom is -0.391 e. The Bertz CT molecular complexity index is 536. The van der Waals surface area contributed by atoms with Gasteiger partial charge < -0.3 is 9.84 Å². The minimum atomic E-state index is -3.72. The summed E-state index contributed by atoms with van der Waals surface area (Å²) in [4.78, 5) is 0.0835. The lowest BCUT2D eigenvalue weighted by Gasteiger charge is -2.13. The van der Waals surface area contributed by atoms with Crippen LogP contribution in [-0.4, -0.2) is 39.9 Å². The van der Waals surface area contributed by atoms with E-state index in [9.17, 15) is 17.9 Å². The van der Waals surface area contributed by atoms with Crippen LogP contribution in [0.15, 0.2) is 17.0 Å². The Balaban J connectivity index is 2.80. The number of ether oxygens (including phenoxy) is 1. The molecule has 1 atom stereocenters. The molecule has 1 rings (SSSR count). The van der Waals surface area contributed by atoms with Crippen molar-refractivity contribution in [3.05, 3.63) is 29.1 Å². The van der Waals surface area contributed by atoms with Crippen molar-refractivity contribution in [2.24, 2.45) is 0 Å². The molecule has 2 N–H and O–H groups in total. The molecule has 1 aromatic carbocycles. The van der Waals surface area contributed by atoms with Gasteiger partial charge >= 0.3 is 0 Å². The molecular formula is C13H20FNO4S. The third kappa shape index (κ3) is 4.52. The zero-order chi connectivity index (χ0) is 15.3. The monoisotopic (exact) mass is 305 g/mol. The van der Waals surface area contributed by atoms with Crippen LogP contribution in [0.2, 0.25) is 0 Å². The molecule has 0 heterocycles. The standard InChI is InChI=1S/C13H20FNO4S/c1-9-6-11(14)7-10(2)13(9)20(17,18)15-5-4-12(16)8-19-3/h6-7,12,15-16H,4-5,8H2,1-3H3. The SMILES string of the molecule is COCC(O)CCNS(=O)(=O)c1c(C)cc(F)cc1C. The number of aryl methyl sites for hydroxylation is 2. The van der Waals surface area contributed by atoms with Gasteiger partial charge in [-0.25, -0.2) is 17.5 Å². The van der Waals surface area contributed by atoms with Crippen LogP contribution in [0.5, 0.6) is 0 Å². The number of hydrogen-bond acceptors (Lipinski definition) is 4. The van der Waals surface area contributed by atoms with E-state index in [1.165, 1.54) is 19.2 Å². The lowest BCUT2D eigenvalue weighted by Crippen LogP contribution is -2.29. The van der Waals surface area contributed by atoms with Gasteiger partial charge in [-0.05, 0) is 43.5 Å². The van der Waals surface area contributed by atoms with Crippen LogP contribution in [0.4, 0.5) is 4.39 Å². The second kappa shape index (κ2) is 7.12. The van der Waals surface area contributed by atoms with Crippen LogP contribution in [-0.2, 0) is 14.8 Å². The highest BCUT2D eigenvalue weighted by Crippen LogP contribution is 2.21. The molecule has 1 unspecified atom stereocenters. The normalized spacial score (nSPS) is 13.4. The number of methoxy groups -OCH3 is 1. The molecule has 0 spiro atoms. The van der Waals surface area contributed by atoms with Crippen molar-refractivity contribution >= 4 is 10.0 Å². The maximum Gasteiger partial charge on any atom is 0.241 e. The average Bonchev–Trinajstić information content (AvgIpc) is 2.26. The van der Waals surface area contributed by atoms with Crippen LogP contribution < -0.4 is 4.72 Å². The van der Waals surface area contributed by atoms with Crippen molar-refractivity contribution in [3.63, 3.8) is 0 Å². The maximum atomic E-state index is 13.2. The third-order valence-electron chi connectivity index (χ3n) is 2.82. The summed E-state index contributed by atoms with van der Waals surface area (Å²) in [5.41, 5.74) is 0.708. The lowest BCUT2D eigenvalue weighted by molar-refractivity contribution is 0.0603. The van der Waals surface area contributed by atoms with Gasteiger partial charge in [-0.3, -0.25) is 0 Å². The highest BCUT2D eigenvalue weighted by atomic mass is 32.2. The fraction of sp³-hybridized carbons (Fsp3) is 0.538. The molecule has 1 aromatic rings. The van der Waals surface area contributed by atoms with E-state index < -0.39 is 21.9 Å². The molecule has 0 aliphatic carbocycles. The van der Waals surface area contributed by atoms with E-state index in [-0.39, 0.29) is 24.5 Å². The van der Waals surface area contributed by atoms with Gasteiger partial charge in [0.15, 0.2) is 0 Å². The maximum absolute atomic E-state index is 13.2. The van der Waals surface area contributed by atoms with Crippen LogP contribution >= 0.6 is 0 Å². The Morgan fingerprint density at radius 1 is 1.35 bits per heavy atom. The minimum absolute atomic E-state index is 0.0835. The van der Waals surface area contributed by atoms with Gasteiger partial charge in [0.05, 0.1) is 17.6 Å². The van der Waals surface area contributed by atoms with Gasteiger partial charge in [0.2, 0.25) is 10.0 Å². The molecule has 0 saturated carbocycles. The van der Waals surface area contributed by atoms with Crippen LogP contribution in [0.3, 0.4) is 0 Å². The van der Waals surface area contributed by atoms with Crippen molar-refractivity contribution in [2.45, 2.75) is 31.3 Å². The average molecular weight is 305 g/mol. The summed E-state index contributed by atoms with van der Waals surface area (Å²) in [6.45, 7) is 3.33. The van der Waals surface area contributed by atoms with Crippen LogP contribution in [0, 0.1) is 19.7 Å². The molecule has 5 nitrogen and oxygen atoms in total. The van der Waals surface area contributed by atoms with Crippen LogP contribution in [0.25, 0.3) is 0 Å². The fourth-order valence-electron chi connectivity index (χ4n) is 2.03. The number of rotatable bonds is 7. The molecular weight excluding hydrogens is 285 g/mol. The zero-order valence-corrected chi connectivity index (χ0v) is 12.6. The number of nitrogens with one attached hydrogen (secondary N) is 1. The Morgan fingerprint density at radius 2 is 1.90 bits per heavy atom. The van der Waals surface area contributed by atoms with E-state index in [2.05, 4.69) is 4.72 Å². The van der Waals surface area contributed by atoms with E-state index in [4.69, 9.17) is 4.74 Å². The predicted octanol–water partition coefficient (Wildman–Crippen LogP) is 1.12. The van der Waals surface area contributed by atoms with Crippen molar-refractivity contribution in [1.29, 1.82) is 0 Å². The van der Waals surface area contributed by atoms with E-state index in [0.29, 0.717) is 11.1 Å². The Hall–Kier alpha value is -1.02. The van der Waals surface area contributed by atoms with E-state index in [1.807, 2.05) is 0 Å². The summed E-state index contributed by atoms with van der Waals surface area (Å²) in [7, 11) is -2.26. The van der Waals surface area contributed by atoms with Gasteiger partial charge in [-0.15, -0.1) is 0 Å². The molecule has 0 bridgehead atoms. The largest absolute Gasteiger partial charge is 0.391 e. The van der Waals surface area contributed by atoms with E-state index in [0.717, 1.165) is 0 Å². The molecule has 114 valence electrons. The molecule has 0 radical (unpaired) electrons. The van der Waals surface area contributed by atoms with Gasteiger partial charge in [-0.1, -0.05) is 0 Å². The molecule has 0 fully saturated rings. The van der Waals surface area contributed by atoms with E-state index in [1.54, 1.807) is 13.8 Å². The summed E-state index contributed by atoms with van der Waals surface area (Å²) in [6, 6.07) is 2.36. The van der Waals surface area contributed by atoms with Crippen molar-refractivity contribution < 1.29 is 22.7 Å². The molecule has 0 aliphatic heterocycles. The van der Waals surface area contributed by atoms with Gasteiger partial charge in [-0.2, -0.15) is 0 Å². The van der Waals surface area contributed by atoms with Gasteiger partial charge in [0, 0.05) is 13.7 Å². The Kier molecular flexibility index (Phi) is 6.07. The quantitative estimate of drug-likeness (QED) is 0.791. The van der Waals surface area contributed by atoms with Crippen molar-refractivity contribution in [1.82, 2.24) is 4.72 Å². The van der Waals surface area contributed by atoms with Crippen molar-refractivity contribution in [3.8, 4) is 0 Å². The van der Waals surface area contributed by atoms with Crippen LogP contribution in [0.1, 0.15) is 17.5 Å². The Morgan fingerprint density at radius 3 is 2.40 bits per heavy atom. The fourth-order valence-corrected chi connectivity index (χ4v) is 3.53. The third-order valence-corrected chi connectivity index (χ3v) is 4.59. The lowest BCUT2D eigenvalue weighted by atomic mass is 10.1. The summed E-state index contributed by atoms with van der Waals surface area (Å²) >= 11 is 0. The number of benzene rings is 1. The molecule has 20 heavy (non-hydrogen) atoms. The second-order valence-corrected chi connectivity index (χ2v) is 6.37. The highest BCUT2D eigenvalue weighted by molar-refractivity contribution is 7.89. The molecule has 0 aromatic heterocycles. The van der Waals surface area contributed by atoms with Gasteiger partial charge in [0.1, 0.15) is 5.82 Å². The second-order valence-electron chi connectivity index (χ2n) is 4.66. The first-order valence-corrected chi connectivity index (χ1v) is 7.69. The summed E-state index contributed by atoms with van der Waals surface area (Å²) < 4.78 is 44.7. The number of sulfonamides is 1. The first-order valence-electron chi connectivity index (χ1n) is 6.21. The molecule has 0 aliphatic rings. The summed E-state index contributed by atoms with van der Waals surface area (Å²) in [6.07, 6.45) is -0.482. The molecule has 0 saturated heterocycles. The molecule has 0 amide bonds. The topological polar surface area (TPSA) is 75.6 Å². The van der Waals surface area contributed by atoms with E-state index >= 15 is 0 Å². The first-order chi connectivity index (χ1) is 9.27. The summed E-state index contributed by atoms with van der Waals surface area (Å²) in [5, 5.41) is 9.45. The predicted molar refractivity (Wildman–Crippen MR) is 73.6 cm³/mol. The number of halogens is 1. The highest BCUT2D eigenvalue weighted by Gasteiger charge is 2.20. The number of aliphatic hydroxyl groups is 1. The smallest absolute Gasteiger partial charge is 0.241 e. The zero-order valence-electron chi connectivity index (χ0n) is 11.8. The van der Waals surface area contributed by atoms with Crippen molar-refractivity contribution in [2.75, 3.05) is 20.3 Å². The summed E-state index contributed by atoms with van der Waals surface area (Å²) in [5.74, 6) is -0.463. The van der Waals surface area contributed by atoms with Gasteiger partial charge in [0.25, 0.3) is 0 Å².